The van der Waals surface area contributed by atoms with Gasteiger partial charge in [0.25, 0.3) is 0 Å². The molecule has 1 fully saturated rings. The number of carbonyl (C=O) groups excluding carboxylic acids is 3. The van der Waals surface area contributed by atoms with Crippen molar-refractivity contribution in [1.82, 2.24) is 5.32 Å². The van der Waals surface area contributed by atoms with Crippen LogP contribution in [0, 0.1) is 0 Å². The standard InChI is InChI=1S/C22H28N2O6/c1-6-29-19(26)22(20(27)30-7-2)12-21(17(24-22)10-13(3)4)15-9-8-14(28-5)11-16(15)23-18(21)25/h8-11,17,24H,6-7,12H2,1-5H3,(H,23,25)/t17-,21+/m1/s1. The first-order valence-electron chi connectivity index (χ1n) is 10.0. The van der Waals surface area contributed by atoms with Crippen LogP contribution in [0.5, 0.6) is 5.75 Å². The average Bonchev–Trinajstić information content (AvgIpc) is 3.18. The maximum absolute atomic E-state index is 13.4. The lowest BCUT2D eigenvalue weighted by molar-refractivity contribution is -0.165. The van der Waals surface area contributed by atoms with Crippen molar-refractivity contribution >= 4 is 23.5 Å². The van der Waals surface area contributed by atoms with Crippen LogP contribution in [0.3, 0.4) is 0 Å². The van der Waals surface area contributed by atoms with Gasteiger partial charge >= 0.3 is 11.9 Å². The fourth-order valence-electron chi connectivity index (χ4n) is 4.32. The molecular formula is C22H28N2O6. The summed E-state index contributed by atoms with van der Waals surface area (Å²) in [5.41, 5.74) is -0.749. The zero-order valence-electron chi connectivity index (χ0n) is 18.0. The van der Waals surface area contributed by atoms with Gasteiger partial charge in [-0.1, -0.05) is 17.7 Å². The number of benzene rings is 1. The number of allylic oxidation sites excluding steroid dienone is 1. The first kappa shape index (κ1) is 21.8. The summed E-state index contributed by atoms with van der Waals surface area (Å²) in [6.45, 7) is 7.32. The number of ether oxygens (including phenoxy) is 3. The normalized spacial score (nSPS) is 23.5. The minimum absolute atomic E-state index is 0.0992. The van der Waals surface area contributed by atoms with E-state index in [0.29, 0.717) is 17.0 Å². The highest BCUT2D eigenvalue weighted by atomic mass is 16.6. The van der Waals surface area contributed by atoms with Crippen molar-refractivity contribution < 1.29 is 28.6 Å². The first-order chi connectivity index (χ1) is 14.2. The summed E-state index contributed by atoms with van der Waals surface area (Å²) in [5.74, 6) is -1.20. The molecule has 2 atom stereocenters. The van der Waals surface area contributed by atoms with Gasteiger partial charge in [-0.15, -0.1) is 0 Å². The van der Waals surface area contributed by atoms with Crippen molar-refractivity contribution in [3.05, 3.63) is 35.4 Å². The van der Waals surface area contributed by atoms with Crippen molar-refractivity contribution in [2.75, 3.05) is 25.6 Å². The van der Waals surface area contributed by atoms with Crippen LogP contribution in [0.1, 0.15) is 39.7 Å². The molecule has 2 aliphatic rings. The molecule has 1 amide bonds. The van der Waals surface area contributed by atoms with Gasteiger partial charge in [-0.2, -0.15) is 0 Å². The van der Waals surface area contributed by atoms with E-state index >= 15 is 0 Å². The largest absolute Gasteiger partial charge is 0.497 e. The van der Waals surface area contributed by atoms with E-state index in [1.54, 1.807) is 39.2 Å². The van der Waals surface area contributed by atoms with Crippen LogP contribution < -0.4 is 15.4 Å². The topological polar surface area (TPSA) is 103 Å². The van der Waals surface area contributed by atoms with E-state index in [4.69, 9.17) is 14.2 Å². The van der Waals surface area contributed by atoms with Crippen LogP contribution >= 0.6 is 0 Å². The lowest BCUT2D eigenvalue weighted by Gasteiger charge is -2.27. The Morgan fingerprint density at radius 3 is 2.33 bits per heavy atom. The summed E-state index contributed by atoms with van der Waals surface area (Å²) in [5, 5.41) is 6.02. The van der Waals surface area contributed by atoms with Crippen LogP contribution in [-0.4, -0.2) is 49.8 Å². The van der Waals surface area contributed by atoms with Gasteiger partial charge in [0.15, 0.2) is 0 Å². The lowest BCUT2D eigenvalue weighted by atomic mass is 9.71. The van der Waals surface area contributed by atoms with E-state index in [1.165, 1.54) is 0 Å². The molecule has 1 aromatic carbocycles. The molecule has 0 bridgehead atoms. The molecule has 8 nitrogen and oxygen atoms in total. The number of amides is 1. The zero-order chi connectivity index (χ0) is 22.1. The molecular weight excluding hydrogens is 388 g/mol. The summed E-state index contributed by atoms with van der Waals surface area (Å²) in [4.78, 5) is 39.4. The Balaban J connectivity index is 2.21. The third-order valence-electron chi connectivity index (χ3n) is 5.59. The third kappa shape index (κ3) is 3.25. The van der Waals surface area contributed by atoms with Crippen LogP contribution in [0.25, 0.3) is 0 Å². The second-order valence-electron chi connectivity index (χ2n) is 7.73. The summed E-state index contributed by atoms with van der Waals surface area (Å²) in [6.07, 6.45) is 1.75. The Bertz CT molecular complexity index is 887. The number of rotatable bonds is 6. The number of hydrogen-bond acceptors (Lipinski definition) is 7. The molecule has 2 N–H and O–H groups in total. The van der Waals surface area contributed by atoms with Gasteiger partial charge in [0.1, 0.15) is 5.75 Å². The molecule has 8 heteroatoms. The Morgan fingerprint density at radius 1 is 1.17 bits per heavy atom. The van der Waals surface area contributed by atoms with E-state index in [0.717, 1.165) is 5.57 Å². The van der Waals surface area contributed by atoms with Crippen molar-refractivity contribution in [3.63, 3.8) is 0 Å². The van der Waals surface area contributed by atoms with E-state index in [2.05, 4.69) is 10.6 Å². The minimum Gasteiger partial charge on any atom is -0.497 e. The summed E-state index contributed by atoms with van der Waals surface area (Å²) >= 11 is 0. The van der Waals surface area contributed by atoms with Crippen molar-refractivity contribution in [2.24, 2.45) is 0 Å². The average molecular weight is 416 g/mol. The molecule has 0 aliphatic carbocycles. The molecule has 2 heterocycles. The highest BCUT2D eigenvalue weighted by molar-refractivity contribution is 6.12. The van der Waals surface area contributed by atoms with Gasteiger partial charge < -0.3 is 19.5 Å². The molecule has 0 aromatic heterocycles. The zero-order valence-corrected chi connectivity index (χ0v) is 18.0. The molecule has 30 heavy (non-hydrogen) atoms. The smallest absolute Gasteiger partial charge is 0.338 e. The molecule has 1 aromatic rings. The van der Waals surface area contributed by atoms with Gasteiger partial charge in [0, 0.05) is 24.2 Å². The van der Waals surface area contributed by atoms with Gasteiger partial charge in [0.2, 0.25) is 11.4 Å². The van der Waals surface area contributed by atoms with Gasteiger partial charge in [-0.05, 0) is 39.3 Å². The highest BCUT2D eigenvalue weighted by Crippen LogP contribution is 2.51. The highest BCUT2D eigenvalue weighted by Gasteiger charge is 2.68. The van der Waals surface area contributed by atoms with E-state index < -0.39 is 28.9 Å². The Labute approximate surface area is 175 Å². The molecule has 0 radical (unpaired) electrons. The van der Waals surface area contributed by atoms with Gasteiger partial charge in [-0.3, -0.25) is 10.1 Å². The van der Waals surface area contributed by atoms with Crippen LogP contribution in [0.15, 0.2) is 29.8 Å². The Hall–Kier alpha value is -2.87. The first-order valence-corrected chi connectivity index (χ1v) is 10.0. The number of anilines is 1. The fourth-order valence-corrected chi connectivity index (χ4v) is 4.32. The quantitative estimate of drug-likeness (QED) is 0.416. The number of methoxy groups -OCH3 is 1. The second-order valence-corrected chi connectivity index (χ2v) is 7.73. The lowest BCUT2D eigenvalue weighted by Crippen LogP contribution is -2.57. The van der Waals surface area contributed by atoms with E-state index in [9.17, 15) is 14.4 Å². The van der Waals surface area contributed by atoms with E-state index in [1.807, 2.05) is 19.9 Å². The monoisotopic (exact) mass is 416 g/mol. The predicted molar refractivity (Wildman–Crippen MR) is 110 cm³/mol. The Kier molecular flexibility index (Phi) is 5.90. The van der Waals surface area contributed by atoms with Gasteiger partial charge in [-0.25, -0.2) is 9.59 Å². The van der Waals surface area contributed by atoms with E-state index in [-0.39, 0.29) is 25.5 Å². The third-order valence-corrected chi connectivity index (χ3v) is 5.59. The molecule has 3 rings (SSSR count). The number of carbonyl (C=O) groups is 3. The van der Waals surface area contributed by atoms with Crippen LogP contribution in [0.4, 0.5) is 5.69 Å². The van der Waals surface area contributed by atoms with Crippen LogP contribution in [-0.2, 0) is 29.3 Å². The summed E-state index contributed by atoms with van der Waals surface area (Å²) in [6, 6.07) is 4.67. The summed E-state index contributed by atoms with van der Waals surface area (Å²) < 4.78 is 15.7. The molecule has 0 saturated carbocycles. The molecule has 2 aliphatic heterocycles. The minimum atomic E-state index is -1.79. The molecule has 1 saturated heterocycles. The van der Waals surface area contributed by atoms with Crippen molar-refractivity contribution in [2.45, 2.75) is 51.1 Å². The molecule has 0 unspecified atom stereocenters. The number of nitrogens with one attached hydrogen (secondary N) is 2. The molecule has 1 spiro atoms. The molecule has 162 valence electrons. The second kappa shape index (κ2) is 8.10. The number of fused-ring (bicyclic) bond motifs is 2. The number of esters is 2. The van der Waals surface area contributed by atoms with Gasteiger partial charge in [0.05, 0.1) is 25.7 Å². The number of hydrogen-bond donors (Lipinski definition) is 2. The van der Waals surface area contributed by atoms with Crippen molar-refractivity contribution in [1.29, 1.82) is 0 Å². The fraction of sp³-hybridized carbons (Fsp3) is 0.500. The predicted octanol–water partition coefficient (Wildman–Crippen LogP) is 2.08. The maximum Gasteiger partial charge on any atom is 0.338 e. The van der Waals surface area contributed by atoms with Crippen molar-refractivity contribution in [3.8, 4) is 5.75 Å². The summed E-state index contributed by atoms with van der Waals surface area (Å²) in [7, 11) is 1.55. The maximum atomic E-state index is 13.4. The van der Waals surface area contributed by atoms with Crippen LogP contribution in [0.2, 0.25) is 0 Å². The Morgan fingerprint density at radius 2 is 1.80 bits per heavy atom. The SMILES string of the molecule is CCOC(=O)C1(C(=O)OCC)C[C@@]2(C(=O)Nc3cc(OC)ccc32)[C@@H](C=C(C)C)N1.